The van der Waals surface area contributed by atoms with Crippen molar-refractivity contribution in [3.63, 3.8) is 0 Å². The van der Waals surface area contributed by atoms with E-state index in [1.54, 1.807) is 6.20 Å². The molecule has 2 aromatic rings. The van der Waals surface area contributed by atoms with E-state index in [1.807, 2.05) is 6.20 Å². The summed E-state index contributed by atoms with van der Waals surface area (Å²) in [5, 5.41) is 0. The van der Waals surface area contributed by atoms with Gasteiger partial charge < -0.3 is 10.3 Å². The van der Waals surface area contributed by atoms with E-state index in [0.717, 1.165) is 24.9 Å². The Balaban J connectivity index is 2.01. The number of nitrogens with two attached hydrogens (primary N) is 1. The van der Waals surface area contributed by atoms with Crippen LogP contribution in [0.15, 0.2) is 30.6 Å². The lowest BCUT2D eigenvalue weighted by atomic mass is 10.0. The van der Waals surface area contributed by atoms with Crippen LogP contribution in [0.1, 0.15) is 24.7 Å². The molecule has 0 fully saturated rings. The van der Waals surface area contributed by atoms with Gasteiger partial charge in [-0.2, -0.15) is 0 Å². The highest BCUT2D eigenvalue weighted by Crippen LogP contribution is 2.13. The molecule has 0 bridgehead atoms. The van der Waals surface area contributed by atoms with E-state index in [4.69, 9.17) is 5.73 Å². The maximum absolute atomic E-state index is 13.6. The predicted octanol–water partition coefficient (Wildman–Crippen LogP) is 2.68. The van der Waals surface area contributed by atoms with E-state index in [1.165, 1.54) is 12.1 Å². The number of benzene rings is 1. The molecular formula is C15H19F2N3. The largest absolute Gasteiger partial charge is 0.335 e. The fourth-order valence-electron chi connectivity index (χ4n) is 2.25. The molecule has 1 heterocycles. The molecule has 2 N–H and O–H groups in total. The second-order valence-electron chi connectivity index (χ2n) is 4.94. The van der Waals surface area contributed by atoms with Crippen LogP contribution in [-0.2, 0) is 19.4 Å². The first-order valence-corrected chi connectivity index (χ1v) is 6.79. The molecule has 0 spiro atoms. The number of rotatable bonds is 6. The summed E-state index contributed by atoms with van der Waals surface area (Å²) in [6, 6.07) is 3.35. The molecule has 1 aromatic heterocycles. The van der Waals surface area contributed by atoms with E-state index in [0.29, 0.717) is 18.4 Å². The van der Waals surface area contributed by atoms with E-state index >= 15 is 0 Å². The first-order valence-electron chi connectivity index (χ1n) is 6.79. The molecule has 0 aliphatic heterocycles. The summed E-state index contributed by atoms with van der Waals surface area (Å²) in [6.45, 7) is 2.99. The van der Waals surface area contributed by atoms with E-state index < -0.39 is 11.6 Å². The van der Waals surface area contributed by atoms with Gasteiger partial charge in [-0.1, -0.05) is 13.0 Å². The van der Waals surface area contributed by atoms with Gasteiger partial charge in [-0.05, 0) is 24.5 Å². The van der Waals surface area contributed by atoms with Gasteiger partial charge in [0.1, 0.15) is 17.5 Å². The molecule has 1 aromatic carbocycles. The van der Waals surface area contributed by atoms with Crippen molar-refractivity contribution in [3.05, 3.63) is 53.6 Å². The van der Waals surface area contributed by atoms with Crippen LogP contribution in [0.25, 0.3) is 0 Å². The molecular weight excluding hydrogens is 260 g/mol. The van der Waals surface area contributed by atoms with E-state index in [2.05, 4.69) is 16.5 Å². The average molecular weight is 279 g/mol. The Morgan fingerprint density at radius 2 is 2.10 bits per heavy atom. The van der Waals surface area contributed by atoms with Gasteiger partial charge in [-0.25, -0.2) is 13.8 Å². The number of hydrogen-bond donors (Lipinski definition) is 1. The summed E-state index contributed by atoms with van der Waals surface area (Å²) in [7, 11) is 0. The molecule has 20 heavy (non-hydrogen) atoms. The predicted molar refractivity (Wildman–Crippen MR) is 74.3 cm³/mol. The second-order valence-corrected chi connectivity index (χ2v) is 4.94. The molecule has 2 rings (SSSR count). The lowest BCUT2D eigenvalue weighted by Gasteiger charge is -2.13. The Labute approximate surface area is 117 Å². The van der Waals surface area contributed by atoms with Crippen molar-refractivity contribution in [3.8, 4) is 0 Å². The maximum Gasteiger partial charge on any atom is 0.129 e. The van der Waals surface area contributed by atoms with Gasteiger partial charge >= 0.3 is 0 Å². The van der Waals surface area contributed by atoms with Gasteiger partial charge in [0.2, 0.25) is 0 Å². The summed E-state index contributed by atoms with van der Waals surface area (Å²) in [4.78, 5) is 4.28. The van der Waals surface area contributed by atoms with Gasteiger partial charge in [-0.3, -0.25) is 0 Å². The Bertz CT molecular complexity index is 566. The lowest BCUT2D eigenvalue weighted by Crippen LogP contribution is -2.27. The summed E-state index contributed by atoms with van der Waals surface area (Å²) < 4.78 is 28.5. The Morgan fingerprint density at radius 1 is 1.30 bits per heavy atom. The monoisotopic (exact) mass is 279 g/mol. The zero-order valence-electron chi connectivity index (χ0n) is 11.5. The molecule has 0 amide bonds. The van der Waals surface area contributed by atoms with Gasteiger partial charge in [-0.15, -0.1) is 0 Å². The molecule has 5 heteroatoms. The van der Waals surface area contributed by atoms with Crippen LogP contribution in [0.4, 0.5) is 8.78 Å². The van der Waals surface area contributed by atoms with Crippen LogP contribution < -0.4 is 5.73 Å². The van der Waals surface area contributed by atoms with Crippen LogP contribution in [-0.4, -0.2) is 15.6 Å². The summed E-state index contributed by atoms with van der Waals surface area (Å²) in [5.41, 5.74) is 6.49. The van der Waals surface area contributed by atoms with Crippen molar-refractivity contribution in [1.29, 1.82) is 0 Å². The molecule has 1 atom stereocenters. The van der Waals surface area contributed by atoms with Crippen molar-refractivity contribution in [2.45, 2.75) is 38.8 Å². The molecule has 0 aliphatic rings. The fourth-order valence-corrected chi connectivity index (χ4v) is 2.25. The van der Waals surface area contributed by atoms with E-state index in [-0.39, 0.29) is 6.04 Å². The highest BCUT2D eigenvalue weighted by molar-refractivity contribution is 5.19. The quantitative estimate of drug-likeness (QED) is 0.883. The summed E-state index contributed by atoms with van der Waals surface area (Å²) in [6.07, 6.45) is 5.63. The van der Waals surface area contributed by atoms with E-state index in [9.17, 15) is 8.78 Å². The normalized spacial score (nSPS) is 12.6. The third-order valence-electron chi connectivity index (χ3n) is 3.21. The Kier molecular flexibility index (Phi) is 4.84. The first-order chi connectivity index (χ1) is 9.60. The molecule has 108 valence electrons. The molecule has 1 unspecified atom stereocenters. The van der Waals surface area contributed by atoms with Crippen molar-refractivity contribution >= 4 is 0 Å². The maximum atomic E-state index is 13.6. The highest BCUT2D eigenvalue weighted by Gasteiger charge is 2.12. The second kappa shape index (κ2) is 6.61. The number of aryl methyl sites for hydroxylation is 1. The molecule has 0 radical (unpaired) electrons. The van der Waals surface area contributed by atoms with Crippen LogP contribution >= 0.6 is 0 Å². The number of hydrogen-bond acceptors (Lipinski definition) is 2. The van der Waals surface area contributed by atoms with Crippen molar-refractivity contribution in [2.75, 3.05) is 0 Å². The smallest absolute Gasteiger partial charge is 0.129 e. The van der Waals surface area contributed by atoms with Gasteiger partial charge in [0, 0.05) is 37.5 Å². The van der Waals surface area contributed by atoms with Crippen LogP contribution in [0.2, 0.25) is 0 Å². The minimum Gasteiger partial charge on any atom is -0.335 e. The average Bonchev–Trinajstić information content (AvgIpc) is 2.81. The minimum absolute atomic E-state index is 0.243. The third kappa shape index (κ3) is 3.63. The van der Waals surface area contributed by atoms with Gasteiger partial charge in [0.15, 0.2) is 0 Å². The zero-order chi connectivity index (χ0) is 14.5. The number of imidazole rings is 1. The summed E-state index contributed by atoms with van der Waals surface area (Å²) >= 11 is 0. The lowest BCUT2D eigenvalue weighted by molar-refractivity contribution is 0.546. The zero-order valence-corrected chi connectivity index (χ0v) is 11.5. The number of aromatic nitrogens is 2. The van der Waals surface area contributed by atoms with Crippen molar-refractivity contribution < 1.29 is 8.78 Å². The van der Waals surface area contributed by atoms with Crippen LogP contribution in [0.5, 0.6) is 0 Å². The van der Waals surface area contributed by atoms with Crippen molar-refractivity contribution in [1.82, 2.24) is 9.55 Å². The molecule has 0 saturated carbocycles. The van der Waals surface area contributed by atoms with Crippen molar-refractivity contribution in [2.24, 2.45) is 5.73 Å². The topological polar surface area (TPSA) is 43.8 Å². The van der Waals surface area contributed by atoms with Crippen LogP contribution in [0, 0.1) is 11.6 Å². The first kappa shape index (κ1) is 14.7. The third-order valence-corrected chi connectivity index (χ3v) is 3.21. The molecule has 0 saturated heterocycles. The van der Waals surface area contributed by atoms with Gasteiger partial charge in [0.05, 0.1) is 0 Å². The molecule has 0 aliphatic carbocycles. The summed E-state index contributed by atoms with van der Waals surface area (Å²) in [5.74, 6) is -0.211. The van der Waals surface area contributed by atoms with Crippen LogP contribution in [0.3, 0.4) is 0 Å². The standard InChI is InChI=1S/C15H19F2N3/c1-2-6-20-7-5-19-15(20)10-13(18)8-11-3-4-12(16)9-14(11)17/h3-5,7,9,13H,2,6,8,10,18H2,1H3. The number of halogens is 2. The SMILES string of the molecule is CCCn1ccnc1CC(N)Cc1ccc(F)cc1F. The molecule has 3 nitrogen and oxygen atoms in total. The minimum atomic E-state index is -0.571. The number of nitrogens with zero attached hydrogens (tertiary/aromatic N) is 2. The highest BCUT2D eigenvalue weighted by atomic mass is 19.1. The Morgan fingerprint density at radius 3 is 2.80 bits per heavy atom. The Hall–Kier alpha value is -1.75. The fraction of sp³-hybridized carbons (Fsp3) is 0.400. The van der Waals surface area contributed by atoms with Gasteiger partial charge in [0.25, 0.3) is 0 Å².